The lowest BCUT2D eigenvalue weighted by Crippen LogP contribution is -2.65. The molecule has 1 saturated heterocycles. The molecule has 0 amide bonds. The van der Waals surface area contributed by atoms with Crippen molar-refractivity contribution in [3.63, 3.8) is 0 Å². The Morgan fingerprint density at radius 3 is 2.97 bits per heavy atom. The van der Waals surface area contributed by atoms with Crippen LogP contribution in [0.5, 0.6) is 11.5 Å². The van der Waals surface area contributed by atoms with Gasteiger partial charge >= 0.3 is 5.97 Å². The SMILES string of the molecule is CCOC(=O)CCCCO[C@H]1C=C[C@H]2[C@H]3Cc4ccc(OCOC)c5c4[C@@]2(CCN3C)[C@H]1O5. The van der Waals surface area contributed by atoms with Crippen LogP contribution in [0.1, 0.15) is 43.7 Å². The Kier molecular flexibility index (Phi) is 6.38. The van der Waals surface area contributed by atoms with E-state index in [0.29, 0.717) is 31.6 Å². The number of carbonyl (C=O) groups excluding carboxylic acids is 1. The molecule has 1 fully saturated rings. The molecule has 1 aromatic rings. The van der Waals surface area contributed by atoms with Crippen molar-refractivity contribution in [3.8, 4) is 11.5 Å². The lowest BCUT2D eigenvalue weighted by Gasteiger charge is -2.56. The first-order valence-electron chi connectivity index (χ1n) is 12.2. The van der Waals surface area contributed by atoms with Crippen molar-refractivity contribution in [2.24, 2.45) is 5.92 Å². The largest absolute Gasteiger partial charge is 0.482 e. The summed E-state index contributed by atoms with van der Waals surface area (Å²) in [5.74, 6) is 1.89. The van der Waals surface area contributed by atoms with Crippen LogP contribution < -0.4 is 9.47 Å². The Balaban J connectivity index is 1.38. The number of hydrogen-bond donors (Lipinski definition) is 0. The van der Waals surface area contributed by atoms with Gasteiger partial charge in [0.2, 0.25) is 0 Å². The Morgan fingerprint density at radius 2 is 2.15 bits per heavy atom. The van der Waals surface area contributed by atoms with E-state index >= 15 is 0 Å². The van der Waals surface area contributed by atoms with E-state index in [1.807, 2.05) is 13.0 Å². The molecule has 5 rings (SSSR count). The van der Waals surface area contributed by atoms with Crippen molar-refractivity contribution >= 4 is 5.97 Å². The molecule has 1 spiro atoms. The molecular formula is C26H35NO6. The highest BCUT2D eigenvalue weighted by Crippen LogP contribution is 2.62. The van der Waals surface area contributed by atoms with Crippen LogP contribution in [0.4, 0.5) is 0 Å². The van der Waals surface area contributed by atoms with Gasteiger partial charge in [-0.05, 0) is 57.8 Å². The summed E-state index contributed by atoms with van der Waals surface area (Å²) < 4.78 is 29.2. The molecule has 2 heterocycles. The predicted molar refractivity (Wildman–Crippen MR) is 123 cm³/mol. The number of piperidine rings is 1. The molecule has 180 valence electrons. The number of ether oxygens (including phenoxy) is 5. The van der Waals surface area contributed by atoms with E-state index in [4.69, 9.17) is 23.7 Å². The molecule has 0 unspecified atom stereocenters. The topological polar surface area (TPSA) is 66.5 Å². The van der Waals surface area contributed by atoms with Crippen molar-refractivity contribution in [1.29, 1.82) is 0 Å². The molecule has 33 heavy (non-hydrogen) atoms. The number of methoxy groups -OCH3 is 1. The third kappa shape index (κ3) is 3.74. The molecule has 5 atom stereocenters. The van der Waals surface area contributed by atoms with Gasteiger partial charge in [-0.2, -0.15) is 0 Å². The fraction of sp³-hybridized carbons (Fsp3) is 0.654. The molecule has 0 aromatic heterocycles. The van der Waals surface area contributed by atoms with Gasteiger partial charge in [-0.15, -0.1) is 0 Å². The molecular weight excluding hydrogens is 422 g/mol. The van der Waals surface area contributed by atoms with Crippen molar-refractivity contribution < 1.29 is 28.5 Å². The summed E-state index contributed by atoms with van der Waals surface area (Å²) in [4.78, 5) is 14.1. The average molecular weight is 458 g/mol. The number of likely N-dealkylation sites (tertiary alicyclic amines) is 1. The van der Waals surface area contributed by atoms with Crippen LogP contribution in [0.3, 0.4) is 0 Å². The highest BCUT2D eigenvalue weighted by molar-refractivity contribution is 5.69. The van der Waals surface area contributed by atoms with Crippen molar-refractivity contribution in [2.75, 3.05) is 40.7 Å². The normalized spacial score (nSPS) is 31.1. The van der Waals surface area contributed by atoms with Crippen LogP contribution in [0.2, 0.25) is 0 Å². The van der Waals surface area contributed by atoms with Crippen molar-refractivity contribution in [1.82, 2.24) is 4.90 Å². The molecule has 0 N–H and O–H groups in total. The van der Waals surface area contributed by atoms with E-state index in [9.17, 15) is 4.79 Å². The lowest BCUT2D eigenvalue weighted by molar-refractivity contribution is -0.143. The second kappa shape index (κ2) is 9.28. The molecule has 0 radical (unpaired) electrons. The first kappa shape index (κ1) is 22.7. The summed E-state index contributed by atoms with van der Waals surface area (Å²) in [6.45, 7) is 4.09. The molecule has 2 bridgehead atoms. The van der Waals surface area contributed by atoms with Gasteiger partial charge in [-0.25, -0.2) is 0 Å². The summed E-state index contributed by atoms with van der Waals surface area (Å²) in [6, 6.07) is 4.70. The maximum atomic E-state index is 11.6. The fourth-order valence-corrected chi connectivity index (χ4v) is 6.41. The fourth-order valence-electron chi connectivity index (χ4n) is 6.41. The minimum absolute atomic E-state index is 0.0740. The number of unbranched alkanes of at least 4 members (excludes halogenated alkanes) is 1. The first-order valence-corrected chi connectivity index (χ1v) is 12.2. The van der Waals surface area contributed by atoms with E-state index in [1.54, 1.807) is 7.11 Å². The summed E-state index contributed by atoms with van der Waals surface area (Å²) in [6.07, 6.45) is 8.47. The number of esters is 1. The van der Waals surface area contributed by atoms with E-state index < -0.39 is 0 Å². The van der Waals surface area contributed by atoms with Gasteiger partial charge in [0, 0.05) is 43.1 Å². The van der Waals surface area contributed by atoms with Crippen LogP contribution in [-0.4, -0.2) is 69.8 Å². The lowest BCUT2D eigenvalue weighted by atomic mass is 9.53. The molecule has 0 saturated carbocycles. The second-order valence-electron chi connectivity index (χ2n) is 9.57. The Hall–Kier alpha value is -2.09. The summed E-state index contributed by atoms with van der Waals surface area (Å²) in [7, 11) is 3.87. The van der Waals surface area contributed by atoms with Gasteiger partial charge in [0.25, 0.3) is 0 Å². The van der Waals surface area contributed by atoms with E-state index in [-0.39, 0.29) is 30.4 Å². The van der Waals surface area contributed by atoms with Gasteiger partial charge in [-0.3, -0.25) is 4.79 Å². The zero-order valence-corrected chi connectivity index (χ0v) is 19.9. The molecule has 4 aliphatic rings. The van der Waals surface area contributed by atoms with E-state index in [1.165, 1.54) is 11.1 Å². The Bertz CT molecular complexity index is 916. The van der Waals surface area contributed by atoms with Crippen molar-refractivity contribution in [3.05, 3.63) is 35.4 Å². The maximum absolute atomic E-state index is 11.6. The number of nitrogens with zero attached hydrogens (tertiary/aromatic N) is 1. The number of hydrogen-bond acceptors (Lipinski definition) is 7. The molecule has 2 aliphatic heterocycles. The zero-order valence-electron chi connectivity index (χ0n) is 19.9. The van der Waals surface area contributed by atoms with Gasteiger partial charge in [-0.1, -0.05) is 18.2 Å². The number of rotatable bonds is 10. The van der Waals surface area contributed by atoms with Crippen LogP contribution in [0.15, 0.2) is 24.3 Å². The maximum Gasteiger partial charge on any atom is 0.305 e. The smallest absolute Gasteiger partial charge is 0.305 e. The third-order valence-electron chi connectivity index (χ3n) is 7.84. The first-order chi connectivity index (χ1) is 16.1. The number of carbonyl (C=O) groups is 1. The van der Waals surface area contributed by atoms with Gasteiger partial charge < -0.3 is 28.6 Å². The standard InChI is InChI=1S/C26H35NO6/c1-4-30-22(28)7-5-6-14-31-21-11-9-18-19-15-17-8-10-20(32-16-29-3)24-23(17)26(18,25(21)33-24)12-13-27(19)2/h8-11,18-19,21,25H,4-7,12-16H2,1-3H3/t18-,19+,21-,25-,26-/m0/s1. The summed E-state index contributed by atoms with van der Waals surface area (Å²) in [5, 5.41) is 0. The molecule has 7 heteroatoms. The van der Waals surface area contributed by atoms with Gasteiger partial charge in [0.05, 0.1) is 6.61 Å². The molecule has 2 aliphatic carbocycles. The minimum atomic E-state index is -0.137. The predicted octanol–water partition coefficient (Wildman–Crippen LogP) is 3.23. The highest BCUT2D eigenvalue weighted by Gasteiger charge is 2.64. The Morgan fingerprint density at radius 1 is 1.27 bits per heavy atom. The monoisotopic (exact) mass is 457 g/mol. The van der Waals surface area contributed by atoms with E-state index in [0.717, 1.165) is 43.7 Å². The number of likely N-dealkylation sites (N-methyl/N-ethyl adjacent to an activating group) is 1. The average Bonchev–Trinajstić information content (AvgIpc) is 3.16. The number of benzene rings is 1. The summed E-state index contributed by atoms with van der Waals surface area (Å²) in [5.41, 5.74) is 2.61. The van der Waals surface area contributed by atoms with Crippen LogP contribution in [-0.2, 0) is 30.8 Å². The van der Waals surface area contributed by atoms with Crippen LogP contribution in [0.25, 0.3) is 0 Å². The molecule has 1 aromatic carbocycles. The van der Waals surface area contributed by atoms with Gasteiger partial charge in [0.15, 0.2) is 18.3 Å². The van der Waals surface area contributed by atoms with E-state index in [2.05, 4.69) is 30.2 Å². The van der Waals surface area contributed by atoms with Crippen LogP contribution >= 0.6 is 0 Å². The van der Waals surface area contributed by atoms with Crippen molar-refractivity contribution in [2.45, 2.75) is 62.7 Å². The summed E-state index contributed by atoms with van der Waals surface area (Å²) >= 11 is 0. The van der Waals surface area contributed by atoms with Crippen LogP contribution in [0, 0.1) is 5.92 Å². The highest BCUT2D eigenvalue weighted by atomic mass is 16.7. The molecule has 7 nitrogen and oxygen atoms in total. The second-order valence-corrected chi connectivity index (χ2v) is 9.57. The Labute approximate surface area is 196 Å². The third-order valence-corrected chi connectivity index (χ3v) is 7.84. The zero-order chi connectivity index (χ0) is 23.0. The quantitative estimate of drug-likeness (QED) is 0.231. The minimum Gasteiger partial charge on any atom is -0.482 e. The van der Waals surface area contributed by atoms with Gasteiger partial charge in [0.1, 0.15) is 12.2 Å².